The van der Waals surface area contributed by atoms with Crippen molar-refractivity contribution in [2.75, 3.05) is 11.5 Å². The highest BCUT2D eigenvalue weighted by atomic mass is 32.1. The molecule has 3 aromatic carbocycles. The molecule has 1 aliphatic rings. The molecule has 1 aromatic heterocycles. The molecule has 0 saturated carbocycles. The molecule has 7 nitrogen and oxygen atoms in total. The van der Waals surface area contributed by atoms with E-state index in [4.69, 9.17) is 4.74 Å². The Morgan fingerprint density at radius 3 is 2.48 bits per heavy atom. The summed E-state index contributed by atoms with van der Waals surface area (Å²) in [6.45, 7) is 5.84. The number of hydrogen-bond donors (Lipinski definition) is 1. The molecule has 0 fully saturated rings. The van der Waals surface area contributed by atoms with Crippen LogP contribution in [-0.2, 0) is 9.53 Å². The van der Waals surface area contributed by atoms with Crippen LogP contribution >= 0.6 is 11.3 Å². The van der Waals surface area contributed by atoms with E-state index in [1.807, 2.05) is 68.4 Å². The molecule has 0 aliphatic carbocycles. The van der Waals surface area contributed by atoms with Crippen LogP contribution in [0.3, 0.4) is 0 Å². The normalized spacial score (nSPS) is 15.0. The predicted molar refractivity (Wildman–Crippen MR) is 155 cm³/mol. The van der Waals surface area contributed by atoms with Crippen LogP contribution in [0.15, 0.2) is 90.2 Å². The topological polar surface area (TPSA) is 96.8 Å². The molecule has 4 aromatic rings. The van der Waals surface area contributed by atoms with E-state index in [9.17, 15) is 19.5 Å². The Bertz CT molecular complexity index is 1640. The van der Waals surface area contributed by atoms with E-state index in [0.29, 0.717) is 33.3 Å². The zero-order chi connectivity index (χ0) is 28.4. The van der Waals surface area contributed by atoms with Crippen molar-refractivity contribution in [3.05, 3.63) is 117 Å². The van der Waals surface area contributed by atoms with Gasteiger partial charge in [-0.1, -0.05) is 73.2 Å². The van der Waals surface area contributed by atoms with Crippen LogP contribution in [0, 0.1) is 13.8 Å². The van der Waals surface area contributed by atoms with E-state index in [0.717, 1.165) is 11.1 Å². The van der Waals surface area contributed by atoms with E-state index < -0.39 is 29.5 Å². The number of aliphatic hydroxyl groups is 1. The second kappa shape index (κ2) is 11.3. The van der Waals surface area contributed by atoms with Gasteiger partial charge in [-0.3, -0.25) is 14.5 Å². The molecule has 0 spiro atoms. The number of Topliss-reactive ketones (excluding diaryl/α,β-unsaturated/α-hetero) is 1. The first-order chi connectivity index (χ1) is 19.3. The number of anilines is 1. The SMILES string of the molecule is CCCOC(=O)c1cccc(N2C(=O)C(O)=C(C(=O)c3sc(-c4ccccc4)nc3C)C2c2cccc(C)c2)c1. The molecule has 1 atom stereocenters. The largest absolute Gasteiger partial charge is 0.503 e. The van der Waals surface area contributed by atoms with Crippen LogP contribution in [-0.4, -0.2) is 34.4 Å². The Kier molecular flexibility index (Phi) is 7.62. The number of ketones is 1. The third-order valence-electron chi connectivity index (χ3n) is 6.63. The summed E-state index contributed by atoms with van der Waals surface area (Å²) in [5.41, 5.74) is 3.59. The minimum Gasteiger partial charge on any atom is -0.503 e. The van der Waals surface area contributed by atoms with Gasteiger partial charge in [0.1, 0.15) is 5.01 Å². The number of hydrogen-bond acceptors (Lipinski definition) is 7. The lowest BCUT2D eigenvalue weighted by atomic mass is 9.93. The summed E-state index contributed by atoms with van der Waals surface area (Å²) >= 11 is 1.23. The summed E-state index contributed by atoms with van der Waals surface area (Å²) in [5, 5.41) is 11.9. The average molecular weight is 553 g/mol. The van der Waals surface area contributed by atoms with Crippen LogP contribution in [0.25, 0.3) is 10.6 Å². The molecular formula is C32H28N2O5S. The highest BCUT2D eigenvalue weighted by Gasteiger charge is 2.45. The fourth-order valence-corrected chi connectivity index (χ4v) is 5.78. The molecule has 8 heteroatoms. The summed E-state index contributed by atoms with van der Waals surface area (Å²) in [4.78, 5) is 46.6. The van der Waals surface area contributed by atoms with E-state index in [1.165, 1.54) is 16.2 Å². The monoisotopic (exact) mass is 552 g/mol. The number of aromatic nitrogens is 1. The number of amides is 1. The van der Waals surface area contributed by atoms with Crippen LogP contribution in [0.1, 0.15) is 56.2 Å². The summed E-state index contributed by atoms with van der Waals surface area (Å²) in [6.07, 6.45) is 0.678. The molecule has 0 radical (unpaired) electrons. The van der Waals surface area contributed by atoms with E-state index in [2.05, 4.69) is 4.98 Å². The predicted octanol–water partition coefficient (Wildman–Crippen LogP) is 6.78. The quantitative estimate of drug-likeness (QED) is 0.191. The van der Waals surface area contributed by atoms with Gasteiger partial charge >= 0.3 is 5.97 Å². The lowest BCUT2D eigenvalue weighted by Gasteiger charge is -2.27. The molecule has 40 heavy (non-hydrogen) atoms. The number of thiazole rings is 1. The van der Waals surface area contributed by atoms with Gasteiger partial charge in [-0.2, -0.15) is 0 Å². The molecule has 1 aliphatic heterocycles. The number of carbonyl (C=O) groups excluding carboxylic acids is 3. The fraction of sp³-hybridized carbons (Fsp3) is 0.188. The number of nitrogens with zero attached hydrogens (tertiary/aromatic N) is 2. The number of rotatable bonds is 8. The second-order valence-electron chi connectivity index (χ2n) is 9.57. The number of benzene rings is 3. The molecule has 5 rings (SSSR count). The summed E-state index contributed by atoms with van der Waals surface area (Å²) in [6, 6.07) is 22.5. The molecule has 1 N–H and O–H groups in total. The van der Waals surface area contributed by atoms with Gasteiger partial charge in [0.25, 0.3) is 5.91 Å². The van der Waals surface area contributed by atoms with Gasteiger partial charge < -0.3 is 9.84 Å². The first kappa shape index (κ1) is 27.0. The minimum atomic E-state index is -0.913. The zero-order valence-corrected chi connectivity index (χ0v) is 23.2. The van der Waals surface area contributed by atoms with Crippen molar-refractivity contribution in [1.82, 2.24) is 4.98 Å². The first-order valence-electron chi connectivity index (χ1n) is 13.0. The van der Waals surface area contributed by atoms with E-state index in [1.54, 1.807) is 31.2 Å². The minimum absolute atomic E-state index is 0.0269. The summed E-state index contributed by atoms with van der Waals surface area (Å²) in [7, 11) is 0. The Morgan fingerprint density at radius 2 is 1.75 bits per heavy atom. The van der Waals surface area contributed by atoms with Gasteiger partial charge in [-0.15, -0.1) is 11.3 Å². The highest BCUT2D eigenvalue weighted by Crippen LogP contribution is 2.43. The van der Waals surface area contributed by atoms with Gasteiger partial charge in [-0.25, -0.2) is 9.78 Å². The van der Waals surface area contributed by atoms with Crippen molar-refractivity contribution in [3.8, 4) is 10.6 Å². The number of aliphatic hydroxyl groups excluding tert-OH is 1. The van der Waals surface area contributed by atoms with Crippen LogP contribution in [0.5, 0.6) is 0 Å². The Labute approximate surface area is 236 Å². The smallest absolute Gasteiger partial charge is 0.338 e. The maximum Gasteiger partial charge on any atom is 0.338 e. The zero-order valence-electron chi connectivity index (χ0n) is 22.4. The number of ether oxygens (including phenoxy) is 1. The van der Waals surface area contributed by atoms with Crippen molar-refractivity contribution >= 4 is 34.7 Å². The van der Waals surface area contributed by atoms with Crippen molar-refractivity contribution in [2.45, 2.75) is 33.2 Å². The maximum absolute atomic E-state index is 14.1. The third kappa shape index (κ3) is 5.05. The van der Waals surface area contributed by atoms with Crippen molar-refractivity contribution in [1.29, 1.82) is 0 Å². The van der Waals surface area contributed by atoms with Gasteiger partial charge in [-0.05, 0) is 44.0 Å². The average Bonchev–Trinajstić information content (AvgIpc) is 3.48. The Hall–Kier alpha value is -4.56. The lowest BCUT2D eigenvalue weighted by molar-refractivity contribution is -0.117. The Morgan fingerprint density at radius 1 is 1.00 bits per heavy atom. The number of aryl methyl sites for hydroxylation is 2. The molecule has 0 bridgehead atoms. The molecule has 0 saturated heterocycles. The summed E-state index contributed by atoms with van der Waals surface area (Å²) in [5.74, 6) is -2.32. The maximum atomic E-state index is 14.1. The molecule has 2 heterocycles. The van der Waals surface area contributed by atoms with Gasteiger partial charge in [0, 0.05) is 11.3 Å². The Balaban J connectivity index is 1.60. The van der Waals surface area contributed by atoms with E-state index >= 15 is 0 Å². The van der Waals surface area contributed by atoms with Crippen LogP contribution in [0.2, 0.25) is 0 Å². The standard InChI is InChI=1S/C32H28N2O5S/c1-4-16-39-32(38)23-14-9-15-24(18-23)34-26(22-13-8-10-19(2)17-22)25(28(36)31(34)37)27(35)29-20(3)33-30(40-29)21-11-6-5-7-12-21/h5-15,17-18,26,36H,4,16H2,1-3H3. The van der Waals surface area contributed by atoms with Crippen molar-refractivity contribution in [3.63, 3.8) is 0 Å². The number of carbonyl (C=O) groups is 3. The number of esters is 1. The third-order valence-corrected chi connectivity index (χ3v) is 7.84. The molecule has 202 valence electrons. The van der Waals surface area contributed by atoms with Crippen molar-refractivity contribution in [2.24, 2.45) is 0 Å². The van der Waals surface area contributed by atoms with Crippen LogP contribution in [0.4, 0.5) is 5.69 Å². The molecular weight excluding hydrogens is 524 g/mol. The molecule has 1 amide bonds. The van der Waals surface area contributed by atoms with Gasteiger partial charge in [0.15, 0.2) is 5.76 Å². The van der Waals surface area contributed by atoms with Gasteiger partial charge in [0.05, 0.1) is 34.4 Å². The second-order valence-corrected chi connectivity index (χ2v) is 10.6. The van der Waals surface area contributed by atoms with Gasteiger partial charge in [0.2, 0.25) is 5.78 Å². The lowest BCUT2D eigenvalue weighted by Crippen LogP contribution is -2.31. The van der Waals surface area contributed by atoms with Crippen molar-refractivity contribution < 1.29 is 24.2 Å². The highest BCUT2D eigenvalue weighted by molar-refractivity contribution is 7.17. The van der Waals surface area contributed by atoms with E-state index in [-0.39, 0.29) is 17.7 Å². The summed E-state index contributed by atoms with van der Waals surface area (Å²) < 4.78 is 5.28. The first-order valence-corrected chi connectivity index (χ1v) is 13.8. The fourth-order valence-electron chi connectivity index (χ4n) is 4.75. The molecule has 1 unspecified atom stereocenters. The van der Waals surface area contributed by atoms with Crippen LogP contribution < -0.4 is 4.90 Å².